The minimum absolute atomic E-state index is 0.155. The summed E-state index contributed by atoms with van der Waals surface area (Å²) in [5, 5.41) is 0. The smallest absolute Gasteiger partial charge is 0.338 e. The SMILES string of the molecule is COC(=O)C1=C(C)N=c2sc(=C3C(=O)N(Cc4ccc(C)cc4)c4ccccc43)c(=O)n2C1c1ccc(OC(C)=O)c(OC)c1. The Hall–Kier alpha value is -5.29. The molecular weight excluding hydrogens is 594 g/mol. The number of benzene rings is 3. The van der Waals surface area contributed by atoms with Crippen molar-refractivity contribution in [3.63, 3.8) is 0 Å². The summed E-state index contributed by atoms with van der Waals surface area (Å²) in [7, 11) is 2.68. The van der Waals surface area contributed by atoms with E-state index in [0.717, 1.165) is 22.5 Å². The number of anilines is 1. The second-order valence-corrected chi connectivity index (χ2v) is 11.6. The lowest BCUT2D eigenvalue weighted by Crippen LogP contribution is -2.40. The van der Waals surface area contributed by atoms with Gasteiger partial charge in [-0.3, -0.25) is 19.0 Å². The number of thiazole rings is 1. The lowest BCUT2D eigenvalue weighted by atomic mass is 9.95. The standard InChI is InChI=1S/C34H29N3O7S/c1-18-10-12-21(13-11-18)17-36-24-9-7-6-8-23(24)28(31(36)39)30-32(40)37-29(27(33(41)43-5)19(2)35-34(37)45-30)22-14-15-25(44-20(3)38)26(16-22)42-4/h6-16,29H,17H2,1-5H3. The molecule has 0 bridgehead atoms. The number of hydrogen-bond donors (Lipinski definition) is 0. The zero-order valence-corrected chi connectivity index (χ0v) is 26.1. The maximum atomic E-state index is 14.4. The Morgan fingerprint density at radius 2 is 1.69 bits per heavy atom. The number of rotatable bonds is 6. The van der Waals surface area contributed by atoms with Gasteiger partial charge in [-0.15, -0.1) is 0 Å². The summed E-state index contributed by atoms with van der Waals surface area (Å²) in [6.45, 7) is 5.28. The molecule has 2 aliphatic heterocycles. The average molecular weight is 624 g/mol. The molecule has 10 nitrogen and oxygen atoms in total. The highest BCUT2D eigenvalue weighted by molar-refractivity contribution is 7.07. The van der Waals surface area contributed by atoms with Crippen molar-refractivity contribution in [3.8, 4) is 11.5 Å². The van der Waals surface area contributed by atoms with Gasteiger partial charge in [-0.2, -0.15) is 0 Å². The van der Waals surface area contributed by atoms with Gasteiger partial charge in [-0.05, 0) is 43.2 Å². The van der Waals surface area contributed by atoms with Crippen LogP contribution in [-0.2, 0) is 25.7 Å². The van der Waals surface area contributed by atoms with E-state index in [9.17, 15) is 19.2 Å². The molecule has 0 spiro atoms. The van der Waals surface area contributed by atoms with Crippen LogP contribution in [0, 0.1) is 6.92 Å². The summed E-state index contributed by atoms with van der Waals surface area (Å²) >= 11 is 1.09. The summed E-state index contributed by atoms with van der Waals surface area (Å²) in [5.41, 5.74) is 4.24. The number of aromatic nitrogens is 1. The molecule has 0 aliphatic carbocycles. The van der Waals surface area contributed by atoms with Crippen molar-refractivity contribution in [3.05, 3.63) is 120 Å². The molecular formula is C34H29N3O7S. The molecule has 3 aromatic carbocycles. The van der Waals surface area contributed by atoms with Crippen LogP contribution in [0.3, 0.4) is 0 Å². The largest absolute Gasteiger partial charge is 0.493 e. The summed E-state index contributed by atoms with van der Waals surface area (Å²) in [5.74, 6) is -1.06. The molecule has 45 heavy (non-hydrogen) atoms. The van der Waals surface area contributed by atoms with Gasteiger partial charge in [-0.25, -0.2) is 9.79 Å². The van der Waals surface area contributed by atoms with Gasteiger partial charge in [0.05, 0.1) is 49.3 Å². The van der Waals surface area contributed by atoms with E-state index in [-0.39, 0.29) is 33.1 Å². The monoisotopic (exact) mass is 623 g/mol. The Labute approximate surface area is 262 Å². The fourth-order valence-electron chi connectivity index (χ4n) is 5.68. The topological polar surface area (TPSA) is 117 Å². The Kier molecular flexibility index (Phi) is 7.71. The summed E-state index contributed by atoms with van der Waals surface area (Å²) in [4.78, 5) is 59.9. The maximum Gasteiger partial charge on any atom is 0.338 e. The number of fused-ring (bicyclic) bond motifs is 2. The number of methoxy groups -OCH3 is 2. The summed E-state index contributed by atoms with van der Waals surface area (Å²) in [6.07, 6.45) is 0. The average Bonchev–Trinajstić information content (AvgIpc) is 3.49. The van der Waals surface area contributed by atoms with E-state index in [0.29, 0.717) is 33.9 Å². The first-order valence-corrected chi connectivity index (χ1v) is 14.9. The Balaban J connectivity index is 1.56. The minimum atomic E-state index is -0.960. The first kappa shape index (κ1) is 29.8. The van der Waals surface area contributed by atoms with Gasteiger partial charge in [0.15, 0.2) is 16.3 Å². The molecule has 0 fully saturated rings. The predicted octanol–water partition coefficient (Wildman–Crippen LogP) is 3.57. The third-order valence-electron chi connectivity index (χ3n) is 7.77. The van der Waals surface area contributed by atoms with Crippen LogP contribution >= 0.6 is 11.3 Å². The molecule has 228 valence electrons. The van der Waals surface area contributed by atoms with Crippen molar-refractivity contribution >= 4 is 40.4 Å². The predicted molar refractivity (Wildman–Crippen MR) is 168 cm³/mol. The number of carbonyl (C=O) groups is 3. The number of nitrogens with zero attached hydrogens (tertiary/aromatic N) is 3. The van der Waals surface area contributed by atoms with Gasteiger partial charge >= 0.3 is 11.9 Å². The molecule has 1 aromatic heterocycles. The lowest BCUT2D eigenvalue weighted by Gasteiger charge is -2.25. The highest BCUT2D eigenvalue weighted by Crippen LogP contribution is 2.38. The lowest BCUT2D eigenvalue weighted by molar-refractivity contribution is -0.136. The van der Waals surface area contributed by atoms with Gasteiger partial charge in [0.1, 0.15) is 4.53 Å². The van der Waals surface area contributed by atoms with Crippen LogP contribution in [0.2, 0.25) is 0 Å². The number of hydrogen-bond acceptors (Lipinski definition) is 9. The van der Waals surface area contributed by atoms with E-state index in [1.54, 1.807) is 24.0 Å². The third-order valence-corrected chi connectivity index (χ3v) is 8.82. The number of amides is 1. The second kappa shape index (κ2) is 11.7. The zero-order chi connectivity index (χ0) is 32.0. The molecule has 6 rings (SSSR count). The minimum Gasteiger partial charge on any atom is -0.493 e. The zero-order valence-electron chi connectivity index (χ0n) is 25.2. The molecule has 0 N–H and O–H groups in total. The van der Waals surface area contributed by atoms with E-state index < -0.39 is 23.5 Å². The molecule has 0 radical (unpaired) electrons. The van der Waals surface area contributed by atoms with Gasteiger partial charge in [-0.1, -0.05) is 65.4 Å². The van der Waals surface area contributed by atoms with Crippen LogP contribution in [-0.4, -0.2) is 36.6 Å². The summed E-state index contributed by atoms with van der Waals surface area (Å²) in [6, 6.07) is 19.2. The fourth-order valence-corrected chi connectivity index (χ4v) is 6.82. The van der Waals surface area contributed by atoms with Gasteiger partial charge in [0.2, 0.25) is 0 Å². The molecule has 1 amide bonds. The van der Waals surface area contributed by atoms with Gasteiger partial charge in [0.25, 0.3) is 11.5 Å². The molecule has 0 saturated heterocycles. The normalized spacial score (nSPS) is 16.6. The fraction of sp³-hybridized carbons (Fsp3) is 0.206. The van der Waals surface area contributed by atoms with Crippen LogP contribution in [0.1, 0.15) is 42.1 Å². The van der Waals surface area contributed by atoms with E-state index in [2.05, 4.69) is 4.99 Å². The quantitative estimate of drug-likeness (QED) is 0.238. The molecule has 11 heteroatoms. The third kappa shape index (κ3) is 5.14. The van der Waals surface area contributed by atoms with Crippen LogP contribution in [0.15, 0.2) is 87.8 Å². The van der Waals surface area contributed by atoms with E-state index in [4.69, 9.17) is 14.2 Å². The van der Waals surface area contributed by atoms with Crippen LogP contribution in [0.25, 0.3) is 5.57 Å². The van der Waals surface area contributed by atoms with Crippen LogP contribution in [0.4, 0.5) is 5.69 Å². The summed E-state index contributed by atoms with van der Waals surface area (Å²) < 4.78 is 17.5. The van der Waals surface area contributed by atoms with Gasteiger partial charge in [0, 0.05) is 12.5 Å². The van der Waals surface area contributed by atoms with E-state index in [1.165, 1.54) is 31.8 Å². The first-order valence-electron chi connectivity index (χ1n) is 14.1. The van der Waals surface area contributed by atoms with Crippen LogP contribution < -0.4 is 29.3 Å². The molecule has 3 heterocycles. The second-order valence-electron chi connectivity index (χ2n) is 10.7. The van der Waals surface area contributed by atoms with E-state index in [1.807, 2.05) is 55.5 Å². The van der Waals surface area contributed by atoms with Crippen molar-refractivity contribution in [2.75, 3.05) is 19.1 Å². The highest BCUT2D eigenvalue weighted by Gasteiger charge is 2.37. The van der Waals surface area contributed by atoms with Crippen molar-refractivity contribution < 1.29 is 28.6 Å². The van der Waals surface area contributed by atoms with E-state index >= 15 is 0 Å². The number of carbonyl (C=O) groups excluding carboxylic acids is 3. The number of esters is 2. The number of aryl methyl sites for hydroxylation is 1. The Bertz CT molecular complexity index is 2110. The Morgan fingerprint density at radius 1 is 0.956 bits per heavy atom. The van der Waals surface area contributed by atoms with Crippen molar-refractivity contribution in [2.45, 2.75) is 33.4 Å². The molecule has 1 atom stereocenters. The number of ether oxygens (including phenoxy) is 3. The highest BCUT2D eigenvalue weighted by atomic mass is 32.1. The maximum absolute atomic E-state index is 14.4. The van der Waals surface area contributed by atoms with Gasteiger partial charge < -0.3 is 19.1 Å². The van der Waals surface area contributed by atoms with Crippen molar-refractivity contribution in [1.29, 1.82) is 0 Å². The molecule has 0 saturated carbocycles. The number of allylic oxidation sites excluding steroid dienone is 1. The first-order chi connectivity index (χ1) is 21.6. The van der Waals surface area contributed by atoms with Crippen molar-refractivity contribution in [2.24, 2.45) is 4.99 Å². The molecule has 2 aliphatic rings. The van der Waals surface area contributed by atoms with Crippen molar-refractivity contribution in [1.82, 2.24) is 4.57 Å². The Morgan fingerprint density at radius 3 is 2.38 bits per heavy atom. The van der Waals surface area contributed by atoms with Crippen LogP contribution in [0.5, 0.6) is 11.5 Å². The number of para-hydroxylation sites is 1. The molecule has 4 aromatic rings. The molecule has 1 unspecified atom stereocenters.